The van der Waals surface area contributed by atoms with E-state index in [0.717, 1.165) is 122 Å². The van der Waals surface area contributed by atoms with Crippen molar-refractivity contribution in [3.05, 3.63) is 146 Å². The predicted molar refractivity (Wildman–Crippen MR) is 352 cm³/mol. The molecule has 0 bridgehead atoms. The summed E-state index contributed by atoms with van der Waals surface area (Å²) in [6.07, 6.45) is 97.1. The molecule has 0 N–H and O–H groups in total. The minimum absolute atomic E-state index is 0.106. The van der Waals surface area contributed by atoms with Crippen LogP contribution in [0.4, 0.5) is 0 Å². The molecule has 0 spiro atoms. The molecule has 0 fully saturated rings. The van der Waals surface area contributed by atoms with E-state index in [1.165, 1.54) is 122 Å². The van der Waals surface area contributed by atoms with Crippen molar-refractivity contribution < 1.29 is 28.6 Å². The van der Waals surface area contributed by atoms with E-state index in [1.807, 2.05) is 0 Å². The molecule has 0 saturated heterocycles. The van der Waals surface area contributed by atoms with Crippen molar-refractivity contribution in [1.82, 2.24) is 0 Å². The summed E-state index contributed by atoms with van der Waals surface area (Å²) in [5.41, 5.74) is 0. The van der Waals surface area contributed by atoms with Crippen LogP contribution < -0.4 is 0 Å². The van der Waals surface area contributed by atoms with Gasteiger partial charge in [0.15, 0.2) is 6.10 Å². The molecule has 0 aliphatic heterocycles. The monoisotopic (exact) mass is 1120 g/mol. The molecule has 0 heterocycles. The Morgan fingerprint density at radius 3 is 0.840 bits per heavy atom. The summed E-state index contributed by atoms with van der Waals surface area (Å²) in [6.45, 7) is 6.45. The predicted octanol–water partition coefficient (Wildman–Crippen LogP) is 23.1. The Morgan fingerprint density at radius 1 is 0.259 bits per heavy atom. The molecule has 81 heavy (non-hydrogen) atoms. The lowest BCUT2D eigenvalue weighted by molar-refractivity contribution is -0.167. The van der Waals surface area contributed by atoms with E-state index in [-0.39, 0.29) is 37.5 Å². The Bertz CT molecular complexity index is 1760. The molecule has 0 aliphatic rings. The molecular formula is C75H122O6. The van der Waals surface area contributed by atoms with E-state index in [0.29, 0.717) is 19.3 Å². The third-order valence-electron chi connectivity index (χ3n) is 13.8. The summed E-state index contributed by atoms with van der Waals surface area (Å²) in [5.74, 6) is -0.978. The number of unbranched alkanes of at least 4 members (excludes halogenated alkanes) is 24. The van der Waals surface area contributed by atoms with Crippen LogP contribution in [0.5, 0.6) is 0 Å². The van der Waals surface area contributed by atoms with E-state index in [1.54, 1.807) is 0 Å². The first kappa shape index (κ1) is 76.3. The van der Waals surface area contributed by atoms with Crippen LogP contribution in [-0.4, -0.2) is 37.2 Å². The lowest BCUT2D eigenvalue weighted by atomic mass is 10.1. The SMILES string of the molecule is CC/C=C\C/C=C\C/C=C\C/C=C\C/C=C\C/C=C\C/C=C\C/C=C\C/C=C\CCCC(=O)OCC(COC(=O)CCCCCCC/C=C\CCCCCCCC)OC(=O)CCCCCCCCCCC/C=C\C/C=C\CCCCC. The molecule has 1 unspecified atom stereocenters. The molecule has 1 atom stereocenters. The first-order chi connectivity index (χ1) is 40.0. The molecule has 458 valence electrons. The molecule has 6 nitrogen and oxygen atoms in total. The Labute approximate surface area is 499 Å². The van der Waals surface area contributed by atoms with Gasteiger partial charge >= 0.3 is 17.9 Å². The van der Waals surface area contributed by atoms with Gasteiger partial charge < -0.3 is 14.2 Å². The van der Waals surface area contributed by atoms with Gasteiger partial charge in [-0.15, -0.1) is 0 Å². The zero-order valence-electron chi connectivity index (χ0n) is 52.5. The third-order valence-corrected chi connectivity index (χ3v) is 13.8. The van der Waals surface area contributed by atoms with E-state index < -0.39 is 6.10 Å². The zero-order chi connectivity index (χ0) is 58.5. The normalized spacial score (nSPS) is 13.1. The van der Waals surface area contributed by atoms with Gasteiger partial charge in [-0.25, -0.2) is 0 Å². The largest absolute Gasteiger partial charge is 0.462 e. The van der Waals surface area contributed by atoms with E-state index in [4.69, 9.17) is 14.2 Å². The number of ether oxygens (including phenoxy) is 3. The number of hydrogen-bond acceptors (Lipinski definition) is 6. The van der Waals surface area contributed by atoms with Gasteiger partial charge in [0.05, 0.1) is 0 Å². The molecule has 0 saturated carbocycles. The average Bonchev–Trinajstić information content (AvgIpc) is 3.47. The van der Waals surface area contributed by atoms with Crippen LogP contribution >= 0.6 is 0 Å². The van der Waals surface area contributed by atoms with Gasteiger partial charge in [-0.2, -0.15) is 0 Å². The highest BCUT2D eigenvalue weighted by atomic mass is 16.6. The number of carbonyl (C=O) groups is 3. The fourth-order valence-electron chi connectivity index (χ4n) is 8.82. The second-order valence-corrected chi connectivity index (χ2v) is 21.6. The maximum Gasteiger partial charge on any atom is 0.306 e. The average molecular weight is 1120 g/mol. The smallest absolute Gasteiger partial charge is 0.306 e. The van der Waals surface area contributed by atoms with Gasteiger partial charge in [-0.05, 0) is 141 Å². The van der Waals surface area contributed by atoms with Crippen molar-refractivity contribution in [2.24, 2.45) is 0 Å². The fraction of sp³-hybridized carbons (Fsp3) is 0.640. The minimum Gasteiger partial charge on any atom is -0.462 e. The Morgan fingerprint density at radius 2 is 0.494 bits per heavy atom. The summed E-state index contributed by atoms with van der Waals surface area (Å²) < 4.78 is 16.9. The van der Waals surface area contributed by atoms with E-state index >= 15 is 0 Å². The number of allylic oxidation sites excluding steroid dienone is 24. The highest BCUT2D eigenvalue weighted by molar-refractivity contribution is 5.71. The summed E-state index contributed by atoms with van der Waals surface area (Å²) >= 11 is 0. The molecule has 0 aliphatic carbocycles. The molecule has 0 aromatic rings. The summed E-state index contributed by atoms with van der Waals surface area (Å²) in [7, 11) is 0. The lowest BCUT2D eigenvalue weighted by Crippen LogP contribution is -2.30. The Hall–Kier alpha value is -4.71. The standard InChI is InChI=1S/C75H122O6/c1-4-7-10-13-16-19-22-25-28-30-32-33-34-35-36-37-38-39-40-41-43-44-47-50-53-56-59-62-65-68-74(77)80-71-72(70-79-73(76)67-64-61-58-55-52-49-46-27-24-21-18-15-12-9-6-3)81-75(78)69-66-63-60-57-54-51-48-45-42-31-29-26-23-20-17-14-11-8-5-2/h7,10,16-17,19-20,25-29,32-33,35-36,38-39,41,43,46-47,50,56,59,72H,4-6,8-9,11-15,18,21-24,30-31,34,37,40,42,44-45,48-49,51-55,57-58,60-71H2,1-3H3/b10-7-,19-16-,20-17-,28-25-,29-26-,33-32-,36-35-,39-38-,43-41-,46-27-,50-47-,59-56-. The zero-order valence-corrected chi connectivity index (χ0v) is 52.5. The van der Waals surface area contributed by atoms with Gasteiger partial charge in [-0.3, -0.25) is 14.4 Å². The number of carbonyl (C=O) groups excluding carboxylic acids is 3. The highest BCUT2D eigenvalue weighted by Crippen LogP contribution is 2.15. The first-order valence-corrected chi connectivity index (χ1v) is 33.3. The first-order valence-electron chi connectivity index (χ1n) is 33.3. The molecular weight excluding hydrogens is 997 g/mol. The molecule has 0 rings (SSSR count). The highest BCUT2D eigenvalue weighted by Gasteiger charge is 2.19. The molecule has 0 aromatic heterocycles. The van der Waals surface area contributed by atoms with Crippen LogP contribution in [0.25, 0.3) is 0 Å². The number of hydrogen-bond donors (Lipinski definition) is 0. The Balaban J connectivity index is 4.48. The molecule has 0 aromatic carbocycles. The van der Waals surface area contributed by atoms with Crippen LogP contribution in [0.2, 0.25) is 0 Å². The van der Waals surface area contributed by atoms with E-state index in [9.17, 15) is 14.4 Å². The van der Waals surface area contributed by atoms with Crippen LogP contribution in [0.15, 0.2) is 146 Å². The van der Waals surface area contributed by atoms with Crippen LogP contribution in [0.3, 0.4) is 0 Å². The van der Waals surface area contributed by atoms with Gasteiger partial charge in [-0.1, -0.05) is 276 Å². The van der Waals surface area contributed by atoms with Gasteiger partial charge in [0, 0.05) is 19.3 Å². The van der Waals surface area contributed by atoms with E-state index in [2.05, 4.69) is 167 Å². The molecule has 0 amide bonds. The fourth-order valence-corrected chi connectivity index (χ4v) is 8.82. The second-order valence-electron chi connectivity index (χ2n) is 21.6. The minimum atomic E-state index is -0.814. The topological polar surface area (TPSA) is 78.9 Å². The molecule has 6 heteroatoms. The van der Waals surface area contributed by atoms with Crippen LogP contribution in [0.1, 0.15) is 290 Å². The van der Waals surface area contributed by atoms with Crippen molar-refractivity contribution in [2.75, 3.05) is 13.2 Å². The summed E-state index contributed by atoms with van der Waals surface area (Å²) in [6, 6.07) is 0. The third kappa shape index (κ3) is 66.0. The van der Waals surface area contributed by atoms with Crippen molar-refractivity contribution in [2.45, 2.75) is 297 Å². The quantitative estimate of drug-likeness (QED) is 0.0261. The molecule has 0 radical (unpaired) electrons. The lowest BCUT2D eigenvalue weighted by Gasteiger charge is -2.18. The van der Waals surface area contributed by atoms with Gasteiger partial charge in [0.2, 0.25) is 0 Å². The van der Waals surface area contributed by atoms with Gasteiger partial charge in [0.25, 0.3) is 0 Å². The van der Waals surface area contributed by atoms with Crippen LogP contribution in [0, 0.1) is 0 Å². The van der Waals surface area contributed by atoms with Crippen molar-refractivity contribution in [1.29, 1.82) is 0 Å². The number of rotatable bonds is 59. The van der Waals surface area contributed by atoms with Crippen molar-refractivity contribution in [3.63, 3.8) is 0 Å². The van der Waals surface area contributed by atoms with Gasteiger partial charge in [0.1, 0.15) is 13.2 Å². The maximum atomic E-state index is 12.9. The second kappa shape index (κ2) is 67.8. The number of esters is 3. The Kier molecular flexibility index (Phi) is 63.9. The summed E-state index contributed by atoms with van der Waals surface area (Å²) in [4.78, 5) is 38.3. The van der Waals surface area contributed by atoms with Crippen molar-refractivity contribution >= 4 is 17.9 Å². The van der Waals surface area contributed by atoms with Crippen molar-refractivity contribution in [3.8, 4) is 0 Å². The van der Waals surface area contributed by atoms with Crippen LogP contribution in [-0.2, 0) is 28.6 Å². The summed E-state index contributed by atoms with van der Waals surface area (Å²) in [5, 5.41) is 0. The maximum absolute atomic E-state index is 12.9.